The number of hydrogen-bond acceptors (Lipinski definition) is 10. The molecule has 47 heavy (non-hydrogen) atoms. The first-order valence-corrected chi connectivity index (χ1v) is 16.5. The van der Waals surface area contributed by atoms with Crippen molar-refractivity contribution in [2.75, 3.05) is 33.2 Å². The number of carbonyl (C=O) groups is 3. The maximum absolute atomic E-state index is 13.9. The summed E-state index contributed by atoms with van der Waals surface area (Å²) in [5.74, 6) is -1.26. The molecule has 0 radical (unpaired) electrons. The Bertz CT molecular complexity index is 1400. The number of nitrogens with one attached hydrogen (secondary N) is 1. The Balaban J connectivity index is 1.82. The minimum atomic E-state index is -1.34. The Kier molecular flexibility index (Phi) is 11.8. The van der Waals surface area contributed by atoms with E-state index in [9.17, 15) is 19.5 Å². The second-order valence-corrected chi connectivity index (χ2v) is 13.6. The lowest BCUT2D eigenvalue weighted by atomic mass is 9.78. The highest BCUT2D eigenvalue weighted by Gasteiger charge is 2.64. The Labute approximate surface area is 282 Å². The summed E-state index contributed by atoms with van der Waals surface area (Å²) in [6, 6.07) is 3.04. The van der Waals surface area contributed by atoms with E-state index in [0.29, 0.717) is 30.7 Å². The first-order valence-electron chi connectivity index (χ1n) is 16.1. The van der Waals surface area contributed by atoms with Crippen molar-refractivity contribution < 1.29 is 43.2 Å². The van der Waals surface area contributed by atoms with Gasteiger partial charge in [0, 0.05) is 32.9 Å². The van der Waals surface area contributed by atoms with Crippen molar-refractivity contribution in [1.29, 1.82) is 0 Å². The first-order chi connectivity index (χ1) is 22.2. The summed E-state index contributed by atoms with van der Waals surface area (Å²) in [6.07, 6.45) is 4.01. The van der Waals surface area contributed by atoms with Gasteiger partial charge in [-0.25, -0.2) is 0 Å². The van der Waals surface area contributed by atoms with Crippen molar-refractivity contribution in [3.05, 3.63) is 46.5 Å². The number of ether oxygens (including phenoxy) is 5. The molecular weight excluding hydrogens is 628 g/mol. The molecule has 3 aliphatic rings. The van der Waals surface area contributed by atoms with Gasteiger partial charge in [0.1, 0.15) is 40.7 Å². The maximum atomic E-state index is 13.9. The van der Waals surface area contributed by atoms with Crippen LogP contribution in [0.15, 0.2) is 35.9 Å². The zero-order valence-electron chi connectivity index (χ0n) is 28.6. The van der Waals surface area contributed by atoms with Gasteiger partial charge in [0.05, 0.1) is 30.9 Å². The number of halogens is 1. The number of hydrogen-bond donors (Lipinski definition) is 2. The van der Waals surface area contributed by atoms with Crippen LogP contribution in [0.4, 0.5) is 5.69 Å². The number of benzene rings is 1. The summed E-state index contributed by atoms with van der Waals surface area (Å²) in [5, 5.41) is 15.2. The Morgan fingerprint density at radius 1 is 1.26 bits per heavy atom. The van der Waals surface area contributed by atoms with Crippen LogP contribution in [-0.4, -0.2) is 92.9 Å². The number of carbonyl (C=O) groups excluding carboxylic acids is 3. The molecule has 11 nitrogen and oxygen atoms in total. The number of epoxide rings is 1. The molecule has 1 amide bonds. The number of anilines is 1. The predicted octanol–water partition coefficient (Wildman–Crippen LogP) is 4.31. The number of allylic oxidation sites excluding steroid dienone is 3. The van der Waals surface area contributed by atoms with Gasteiger partial charge >= 0.3 is 11.9 Å². The molecule has 2 fully saturated rings. The third kappa shape index (κ3) is 8.20. The summed E-state index contributed by atoms with van der Waals surface area (Å²) < 4.78 is 29.5. The van der Waals surface area contributed by atoms with Crippen molar-refractivity contribution in [2.45, 2.75) is 108 Å². The van der Waals surface area contributed by atoms with Crippen LogP contribution in [0.25, 0.3) is 0 Å². The topological polar surface area (TPSA) is 136 Å². The summed E-state index contributed by atoms with van der Waals surface area (Å²) in [6.45, 7) is 7.31. The van der Waals surface area contributed by atoms with Gasteiger partial charge in [0.2, 0.25) is 5.91 Å². The number of amides is 1. The Morgan fingerprint density at radius 3 is 2.64 bits per heavy atom. The molecule has 4 rings (SSSR count). The lowest BCUT2D eigenvalue weighted by Crippen LogP contribution is -2.49. The predicted molar refractivity (Wildman–Crippen MR) is 178 cm³/mol. The number of esters is 2. The van der Waals surface area contributed by atoms with Crippen LogP contribution in [0.3, 0.4) is 0 Å². The maximum Gasteiger partial charge on any atom is 0.323 e. The van der Waals surface area contributed by atoms with Gasteiger partial charge in [-0.05, 0) is 64.8 Å². The minimum absolute atomic E-state index is 0.106. The summed E-state index contributed by atoms with van der Waals surface area (Å²) >= 11 is 6.73. The number of aliphatic hydroxyl groups is 1. The standard InChI is InChI=1S/C35H49ClN2O9/c1-20-11-9-12-27(44-8)35(42)14-10-13-30(40)45-26(19-35)21(2)32-34(4,47-32)28(46-33(41)22(3)37-5)18-29(39)38(6)24-16-23(15-20)17-25(43-7)31(24)36/h9,11-12,16-17,21-22,26-28,32,37,42H,10,13-15,18-19H2,1-8H3/b12-9+,20-11+/t21?,22-,26?,27?,28?,32?,34?,35?/m0/s1. The van der Waals surface area contributed by atoms with Crippen molar-refractivity contribution in [3.8, 4) is 5.75 Å². The van der Waals surface area contributed by atoms with E-state index in [2.05, 4.69) is 5.32 Å². The average Bonchev–Trinajstić information content (AvgIpc) is 3.72. The molecule has 3 heterocycles. The molecule has 0 spiro atoms. The molecule has 0 aromatic heterocycles. The molecule has 2 saturated heterocycles. The minimum Gasteiger partial charge on any atom is -0.495 e. The molecule has 0 saturated carbocycles. The van der Waals surface area contributed by atoms with Crippen molar-refractivity contribution in [3.63, 3.8) is 0 Å². The van der Waals surface area contributed by atoms with E-state index in [1.807, 2.05) is 44.2 Å². The molecule has 2 N–H and O–H groups in total. The molecule has 1 aromatic carbocycles. The molecule has 1 aromatic rings. The largest absolute Gasteiger partial charge is 0.495 e. The SMILES string of the molecule is CN[C@@H](C)C(=O)OC1CC(=O)N(C)c2cc(cc(OC)c2Cl)C/C(C)=C/C=C/C(OC)C2(O)CCCC(=O)OC(C2)C(C)C2OC12C. The van der Waals surface area contributed by atoms with Gasteiger partial charge in [-0.3, -0.25) is 14.4 Å². The lowest BCUT2D eigenvalue weighted by Gasteiger charge is -2.39. The number of likely N-dealkylation sites (N-methyl/N-ethyl adjacent to an activating group) is 1. The number of methoxy groups -OCH3 is 2. The van der Waals surface area contributed by atoms with E-state index in [0.717, 1.165) is 11.1 Å². The van der Waals surface area contributed by atoms with Crippen molar-refractivity contribution >= 4 is 35.1 Å². The summed E-state index contributed by atoms with van der Waals surface area (Å²) in [5.41, 5.74) is -0.113. The van der Waals surface area contributed by atoms with Gasteiger partial charge in [0.25, 0.3) is 0 Å². The highest BCUT2D eigenvalue weighted by Crippen LogP contribution is 2.49. The van der Waals surface area contributed by atoms with Crippen molar-refractivity contribution in [1.82, 2.24) is 5.32 Å². The monoisotopic (exact) mass is 676 g/mol. The first kappa shape index (κ1) is 36.9. The third-order valence-electron chi connectivity index (χ3n) is 9.79. The van der Waals surface area contributed by atoms with Crippen LogP contribution in [0.2, 0.25) is 5.02 Å². The van der Waals surface area contributed by atoms with E-state index in [-0.39, 0.29) is 36.2 Å². The van der Waals surface area contributed by atoms with E-state index in [1.165, 1.54) is 12.0 Å². The molecular formula is C35H49ClN2O9. The van der Waals surface area contributed by atoms with Crippen molar-refractivity contribution in [2.24, 2.45) is 5.92 Å². The summed E-state index contributed by atoms with van der Waals surface area (Å²) in [7, 11) is 6.32. The van der Waals surface area contributed by atoms with E-state index in [1.54, 1.807) is 35.1 Å². The van der Waals surface area contributed by atoms with Gasteiger partial charge < -0.3 is 39.0 Å². The fraction of sp³-hybridized carbons (Fsp3) is 0.629. The van der Waals surface area contributed by atoms with Crippen LogP contribution >= 0.6 is 11.6 Å². The van der Waals surface area contributed by atoms with Gasteiger partial charge in [-0.1, -0.05) is 42.3 Å². The van der Waals surface area contributed by atoms with Gasteiger partial charge in [-0.2, -0.15) is 0 Å². The molecule has 260 valence electrons. The average molecular weight is 677 g/mol. The number of rotatable bonds is 5. The fourth-order valence-electron chi connectivity index (χ4n) is 6.60. The van der Waals surface area contributed by atoms with Crippen LogP contribution in [0.5, 0.6) is 5.75 Å². The van der Waals surface area contributed by atoms with Crippen LogP contribution in [0, 0.1) is 5.92 Å². The third-order valence-corrected chi connectivity index (χ3v) is 10.2. The fourth-order valence-corrected chi connectivity index (χ4v) is 6.91. The molecule has 7 unspecified atom stereocenters. The Morgan fingerprint density at radius 2 is 1.98 bits per heavy atom. The highest BCUT2D eigenvalue weighted by atomic mass is 35.5. The van der Waals surface area contributed by atoms with E-state index < -0.39 is 53.5 Å². The molecule has 0 aliphatic carbocycles. The second-order valence-electron chi connectivity index (χ2n) is 13.2. The van der Waals surface area contributed by atoms with Crippen LogP contribution in [0.1, 0.15) is 65.4 Å². The van der Waals surface area contributed by atoms with E-state index in [4.69, 9.17) is 35.3 Å². The normalized spacial score (nSPS) is 34.5. The Hall–Kier alpha value is -2.96. The zero-order valence-corrected chi connectivity index (χ0v) is 29.4. The quantitative estimate of drug-likeness (QED) is 0.343. The van der Waals surface area contributed by atoms with Gasteiger partial charge in [0.15, 0.2) is 0 Å². The van der Waals surface area contributed by atoms with Gasteiger partial charge in [-0.15, -0.1) is 0 Å². The molecule has 3 aliphatic heterocycles. The second kappa shape index (κ2) is 15.1. The smallest absolute Gasteiger partial charge is 0.323 e. The van der Waals surface area contributed by atoms with Crippen LogP contribution < -0.4 is 15.0 Å². The lowest BCUT2D eigenvalue weighted by molar-refractivity contribution is -0.166. The molecule has 12 heteroatoms. The number of fused-ring (bicyclic) bond motifs is 5. The molecule has 4 bridgehead atoms. The highest BCUT2D eigenvalue weighted by molar-refractivity contribution is 6.35. The zero-order chi connectivity index (χ0) is 34.7. The number of nitrogens with zero attached hydrogens (tertiary/aromatic N) is 1. The van der Waals surface area contributed by atoms with Crippen LogP contribution in [-0.2, 0) is 39.8 Å². The van der Waals surface area contributed by atoms with E-state index >= 15 is 0 Å². The summed E-state index contributed by atoms with van der Waals surface area (Å²) in [4.78, 5) is 41.2. The molecule has 8 atom stereocenters.